The quantitative estimate of drug-likeness (QED) is 0.807. The van der Waals surface area contributed by atoms with Crippen LogP contribution in [0.4, 0.5) is 10.5 Å². The third kappa shape index (κ3) is 5.77. The molecule has 1 aromatic rings. The Labute approximate surface area is 119 Å². The summed E-state index contributed by atoms with van der Waals surface area (Å²) >= 11 is 0. The predicted molar refractivity (Wildman–Crippen MR) is 79.1 cm³/mol. The van der Waals surface area contributed by atoms with Gasteiger partial charge in [0.25, 0.3) is 5.56 Å². The number of aromatic nitrogens is 1. The van der Waals surface area contributed by atoms with Crippen molar-refractivity contribution in [1.82, 2.24) is 9.88 Å². The van der Waals surface area contributed by atoms with Crippen LogP contribution in [-0.4, -0.2) is 29.4 Å². The van der Waals surface area contributed by atoms with Gasteiger partial charge in [0.1, 0.15) is 5.60 Å². The van der Waals surface area contributed by atoms with Gasteiger partial charge in [-0.15, -0.1) is 0 Å². The van der Waals surface area contributed by atoms with Gasteiger partial charge in [-0.25, -0.2) is 4.79 Å². The molecule has 0 fully saturated rings. The molecule has 6 nitrogen and oxygen atoms in total. The van der Waals surface area contributed by atoms with Crippen LogP contribution in [0.3, 0.4) is 0 Å². The van der Waals surface area contributed by atoms with Crippen LogP contribution >= 0.6 is 0 Å². The fourth-order valence-corrected chi connectivity index (χ4v) is 1.57. The molecule has 0 spiro atoms. The molecular formula is C14H23N3O3. The largest absolute Gasteiger partial charge is 0.444 e. The number of pyridine rings is 1. The zero-order valence-corrected chi connectivity index (χ0v) is 12.5. The van der Waals surface area contributed by atoms with Crippen molar-refractivity contribution >= 4 is 11.8 Å². The minimum atomic E-state index is -0.492. The number of alkyl carbamates (subject to hydrolysis) is 1. The zero-order valence-electron chi connectivity index (χ0n) is 12.5. The summed E-state index contributed by atoms with van der Waals surface area (Å²) in [5.41, 5.74) is 0.330. The molecule has 112 valence electrons. The van der Waals surface area contributed by atoms with Crippen molar-refractivity contribution in [3.63, 3.8) is 0 Å². The van der Waals surface area contributed by atoms with Crippen LogP contribution in [0.15, 0.2) is 23.1 Å². The highest BCUT2D eigenvalue weighted by atomic mass is 16.6. The Morgan fingerprint density at radius 2 is 2.00 bits per heavy atom. The molecule has 6 heteroatoms. The summed E-state index contributed by atoms with van der Waals surface area (Å²) in [4.78, 5) is 22.8. The van der Waals surface area contributed by atoms with E-state index in [1.165, 1.54) is 6.07 Å². The Kier molecular flexibility index (Phi) is 5.61. The van der Waals surface area contributed by atoms with Crippen LogP contribution in [0.5, 0.6) is 0 Å². The van der Waals surface area contributed by atoms with Crippen LogP contribution in [-0.2, 0) is 11.3 Å². The average Bonchev–Trinajstić information content (AvgIpc) is 2.34. The van der Waals surface area contributed by atoms with Crippen molar-refractivity contribution in [2.24, 2.45) is 0 Å². The van der Waals surface area contributed by atoms with Gasteiger partial charge in [0.05, 0.1) is 5.69 Å². The Balaban J connectivity index is 2.35. The lowest BCUT2D eigenvalue weighted by molar-refractivity contribution is 0.0530. The first-order chi connectivity index (χ1) is 9.31. The maximum Gasteiger partial charge on any atom is 0.407 e. The lowest BCUT2D eigenvalue weighted by Crippen LogP contribution is -2.35. The zero-order chi connectivity index (χ0) is 15.2. The first-order valence-electron chi connectivity index (χ1n) is 6.73. The van der Waals surface area contributed by atoms with Crippen molar-refractivity contribution < 1.29 is 9.53 Å². The second kappa shape index (κ2) is 6.98. The number of amides is 1. The molecule has 0 atom stereocenters. The summed E-state index contributed by atoms with van der Waals surface area (Å²) in [5, 5.41) is 5.79. The van der Waals surface area contributed by atoms with Crippen LogP contribution in [0.1, 0.15) is 27.7 Å². The first-order valence-corrected chi connectivity index (χ1v) is 6.73. The van der Waals surface area contributed by atoms with Crippen LogP contribution in [0, 0.1) is 0 Å². The van der Waals surface area contributed by atoms with Gasteiger partial charge in [-0.1, -0.05) is 0 Å². The van der Waals surface area contributed by atoms with E-state index in [2.05, 4.69) is 10.6 Å². The highest BCUT2D eigenvalue weighted by molar-refractivity contribution is 5.67. The number of hydrogen-bond donors (Lipinski definition) is 2. The van der Waals surface area contributed by atoms with Crippen molar-refractivity contribution in [3.05, 3.63) is 28.7 Å². The maximum absolute atomic E-state index is 11.4. The molecule has 1 rings (SSSR count). The van der Waals surface area contributed by atoms with E-state index in [4.69, 9.17) is 4.74 Å². The average molecular weight is 281 g/mol. The van der Waals surface area contributed by atoms with Gasteiger partial charge in [0, 0.05) is 31.9 Å². The smallest absolute Gasteiger partial charge is 0.407 e. The van der Waals surface area contributed by atoms with Crippen molar-refractivity contribution in [3.8, 4) is 0 Å². The number of nitrogens with zero attached hydrogens (tertiary/aromatic N) is 1. The number of carbonyl (C=O) groups excluding carboxylic acids is 1. The molecule has 0 unspecified atom stereocenters. The molecule has 0 aliphatic rings. The fourth-order valence-electron chi connectivity index (χ4n) is 1.57. The van der Waals surface area contributed by atoms with E-state index in [9.17, 15) is 9.59 Å². The normalized spacial score (nSPS) is 11.0. The Morgan fingerprint density at radius 3 is 2.60 bits per heavy atom. The van der Waals surface area contributed by atoms with Gasteiger partial charge < -0.3 is 19.9 Å². The van der Waals surface area contributed by atoms with Crippen molar-refractivity contribution in [2.45, 2.75) is 39.8 Å². The summed E-state index contributed by atoms with van der Waals surface area (Å²) in [7, 11) is 0. The predicted octanol–water partition coefficient (Wildman–Crippen LogP) is 1.80. The third-order valence-corrected chi connectivity index (χ3v) is 2.45. The standard InChI is InChI=1S/C14H23N3O3/c1-5-17-10-11(6-7-12(17)18)15-8-9-16-13(19)20-14(2,3)4/h6-7,10,15H,5,8-9H2,1-4H3,(H,16,19). The Bertz CT molecular complexity index is 503. The van der Waals surface area contributed by atoms with E-state index in [-0.39, 0.29) is 5.56 Å². The fraction of sp³-hybridized carbons (Fsp3) is 0.571. The number of ether oxygens (including phenoxy) is 1. The minimum Gasteiger partial charge on any atom is -0.444 e. The summed E-state index contributed by atoms with van der Waals surface area (Å²) < 4.78 is 6.73. The highest BCUT2D eigenvalue weighted by Gasteiger charge is 2.15. The molecular weight excluding hydrogens is 258 g/mol. The molecule has 0 saturated heterocycles. The molecule has 1 heterocycles. The van der Waals surface area contributed by atoms with E-state index >= 15 is 0 Å². The van der Waals surface area contributed by atoms with E-state index in [1.54, 1.807) is 16.8 Å². The summed E-state index contributed by atoms with van der Waals surface area (Å²) in [6.45, 7) is 9.00. The molecule has 2 N–H and O–H groups in total. The lowest BCUT2D eigenvalue weighted by atomic mass is 10.2. The second-order valence-corrected chi connectivity index (χ2v) is 5.40. The molecule has 0 radical (unpaired) electrons. The number of rotatable bonds is 5. The number of aryl methyl sites for hydroxylation is 1. The van der Waals surface area contributed by atoms with Crippen molar-refractivity contribution in [2.75, 3.05) is 18.4 Å². The summed E-state index contributed by atoms with van der Waals surface area (Å²) in [6, 6.07) is 3.25. The van der Waals surface area contributed by atoms with Gasteiger partial charge in [0.15, 0.2) is 0 Å². The number of carbonyl (C=O) groups is 1. The van der Waals surface area contributed by atoms with Gasteiger partial charge in [-0.05, 0) is 33.8 Å². The maximum atomic E-state index is 11.4. The highest BCUT2D eigenvalue weighted by Crippen LogP contribution is 2.06. The number of anilines is 1. The van der Waals surface area contributed by atoms with Gasteiger partial charge in [-0.2, -0.15) is 0 Å². The van der Waals surface area contributed by atoms with E-state index < -0.39 is 11.7 Å². The molecule has 1 aromatic heterocycles. The van der Waals surface area contributed by atoms with Crippen LogP contribution in [0.25, 0.3) is 0 Å². The Morgan fingerprint density at radius 1 is 1.30 bits per heavy atom. The molecule has 0 aromatic carbocycles. The van der Waals surface area contributed by atoms with Crippen LogP contribution < -0.4 is 16.2 Å². The third-order valence-electron chi connectivity index (χ3n) is 2.45. The van der Waals surface area contributed by atoms with Gasteiger partial charge >= 0.3 is 6.09 Å². The molecule has 1 amide bonds. The number of nitrogens with one attached hydrogen (secondary N) is 2. The molecule has 0 aliphatic heterocycles. The van der Waals surface area contributed by atoms with Gasteiger partial charge in [-0.3, -0.25) is 4.79 Å². The van der Waals surface area contributed by atoms with E-state index in [0.717, 1.165) is 5.69 Å². The van der Waals surface area contributed by atoms with E-state index in [0.29, 0.717) is 19.6 Å². The van der Waals surface area contributed by atoms with Gasteiger partial charge in [0.2, 0.25) is 0 Å². The molecule has 0 aliphatic carbocycles. The second-order valence-electron chi connectivity index (χ2n) is 5.40. The molecule has 20 heavy (non-hydrogen) atoms. The Hall–Kier alpha value is -1.98. The topological polar surface area (TPSA) is 72.4 Å². The van der Waals surface area contributed by atoms with Crippen molar-refractivity contribution in [1.29, 1.82) is 0 Å². The van der Waals surface area contributed by atoms with Crippen LogP contribution in [0.2, 0.25) is 0 Å². The van der Waals surface area contributed by atoms with E-state index in [1.807, 2.05) is 27.7 Å². The number of hydrogen-bond acceptors (Lipinski definition) is 4. The lowest BCUT2D eigenvalue weighted by Gasteiger charge is -2.19. The first kappa shape index (κ1) is 16.1. The monoisotopic (exact) mass is 281 g/mol. The summed E-state index contributed by atoms with van der Waals surface area (Å²) in [5.74, 6) is 0. The molecule has 0 bridgehead atoms. The SMILES string of the molecule is CCn1cc(NCCNC(=O)OC(C)(C)C)ccc1=O. The molecule has 0 saturated carbocycles. The summed E-state index contributed by atoms with van der Waals surface area (Å²) in [6.07, 6.45) is 1.33. The minimum absolute atomic E-state index is 0.0232.